The summed E-state index contributed by atoms with van der Waals surface area (Å²) in [4.78, 5) is 0. The van der Waals surface area contributed by atoms with Gasteiger partial charge in [0, 0.05) is 6.07 Å². The predicted molar refractivity (Wildman–Crippen MR) is 86.0 cm³/mol. The molecule has 1 aliphatic rings. The standard InChI is InChI=1S/C19H29FO/c1-2-3-4-5-15-6-8-16(9-7-15)10-11-17-12-13-18(21)14-19(17)20/h12-16,21H,2-11H2,1H3/t15-,16-. The molecule has 1 N–H and O–H groups in total. The third-order valence-corrected chi connectivity index (χ3v) is 5.04. The van der Waals surface area contributed by atoms with Crippen LogP contribution in [0.5, 0.6) is 5.75 Å². The maximum atomic E-state index is 13.7. The van der Waals surface area contributed by atoms with Crippen LogP contribution in [0, 0.1) is 17.7 Å². The van der Waals surface area contributed by atoms with Crippen molar-refractivity contribution in [2.75, 3.05) is 0 Å². The number of halogens is 1. The summed E-state index contributed by atoms with van der Waals surface area (Å²) in [5.74, 6) is 1.46. The van der Waals surface area contributed by atoms with Crippen LogP contribution in [-0.4, -0.2) is 5.11 Å². The van der Waals surface area contributed by atoms with Crippen LogP contribution < -0.4 is 0 Å². The zero-order valence-corrected chi connectivity index (χ0v) is 13.3. The van der Waals surface area contributed by atoms with Crippen LogP contribution in [0.4, 0.5) is 4.39 Å². The van der Waals surface area contributed by atoms with Gasteiger partial charge in [-0.05, 0) is 36.3 Å². The number of benzene rings is 1. The summed E-state index contributed by atoms with van der Waals surface area (Å²) in [5.41, 5.74) is 0.748. The fourth-order valence-corrected chi connectivity index (χ4v) is 3.59. The maximum Gasteiger partial charge on any atom is 0.130 e. The molecule has 1 aliphatic carbocycles. The van der Waals surface area contributed by atoms with Crippen molar-refractivity contribution in [3.8, 4) is 5.75 Å². The van der Waals surface area contributed by atoms with Crippen LogP contribution in [0.1, 0.15) is 70.3 Å². The molecule has 1 aromatic carbocycles. The lowest BCUT2D eigenvalue weighted by molar-refractivity contribution is 0.248. The van der Waals surface area contributed by atoms with E-state index in [1.165, 1.54) is 57.4 Å². The van der Waals surface area contributed by atoms with Crippen molar-refractivity contribution in [2.45, 2.75) is 71.1 Å². The highest BCUT2D eigenvalue weighted by atomic mass is 19.1. The molecule has 1 saturated carbocycles. The smallest absolute Gasteiger partial charge is 0.130 e. The molecule has 1 fully saturated rings. The van der Waals surface area contributed by atoms with E-state index >= 15 is 0 Å². The van der Waals surface area contributed by atoms with Crippen molar-refractivity contribution in [1.29, 1.82) is 0 Å². The molecule has 21 heavy (non-hydrogen) atoms. The maximum absolute atomic E-state index is 13.7. The second-order valence-electron chi connectivity index (χ2n) is 6.70. The number of aromatic hydroxyl groups is 1. The zero-order valence-electron chi connectivity index (χ0n) is 13.3. The van der Waals surface area contributed by atoms with Gasteiger partial charge >= 0.3 is 0 Å². The molecule has 0 aromatic heterocycles. The minimum absolute atomic E-state index is 0.0174. The van der Waals surface area contributed by atoms with Gasteiger partial charge in [0.25, 0.3) is 0 Å². The molecular formula is C19H29FO. The molecule has 118 valence electrons. The van der Waals surface area contributed by atoms with Crippen LogP contribution in [0.2, 0.25) is 0 Å². The van der Waals surface area contributed by atoms with E-state index in [0.29, 0.717) is 0 Å². The number of hydrogen-bond acceptors (Lipinski definition) is 1. The molecule has 0 unspecified atom stereocenters. The Morgan fingerprint density at radius 2 is 1.71 bits per heavy atom. The Hall–Kier alpha value is -1.05. The average Bonchev–Trinajstić information content (AvgIpc) is 2.48. The number of aryl methyl sites for hydroxylation is 1. The van der Waals surface area contributed by atoms with Crippen molar-refractivity contribution < 1.29 is 9.50 Å². The first kappa shape index (κ1) is 16.3. The van der Waals surface area contributed by atoms with E-state index in [4.69, 9.17) is 0 Å². The Morgan fingerprint density at radius 1 is 1.05 bits per heavy atom. The summed E-state index contributed by atoms with van der Waals surface area (Å²) in [6, 6.07) is 4.53. The van der Waals surface area contributed by atoms with Gasteiger partial charge in [-0.1, -0.05) is 64.4 Å². The van der Waals surface area contributed by atoms with Crippen LogP contribution in [0.3, 0.4) is 0 Å². The third kappa shape index (κ3) is 5.33. The second kappa shape index (κ2) is 8.41. The molecule has 0 saturated heterocycles. The normalized spacial score (nSPS) is 22.4. The Labute approximate surface area is 128 Å². The first-order chi connectivity index (χ1) is 10.2. The molecule has 2 rings (SSSR count). The van der Waals surface area contributed by atoms with Crippen LogP contribution >= 0.6 is 0 Å². The topological polar surface area (TPSA) is 20.2 Å². The summed E-state index contributed by atoms with van der Waals surface area (Å²) < 4.78 is 13.7. The first-order valence-corrected chi connectivity index (χ1v) is 8.66. The van der Waals surface area contributed by atoms with Gasteiger partial charge in [-0.2, -0.15) is 0 Å². The van der Waals surface area contributed by atoms with E-state index in [9.17, 15) is 9.50 Å². The Bertz CT molecular complexity index is 422. The highest BCUT2D eigenvalue weighted by molar-refractivity contribution is 5.27. The van der Waals surface area contributed by atoms with Crippen LogP contribution in [-0.2, 0) is 6.42 Å². The van der Waals surface area contributed by atoms with Crippen LogP contribution in [0.15, 0.2) is 18.2 Å². The number of phenolic OH excluding ortho intramolecular Hbond substituents is 1. The molecule has 0 atom stereocenters. The van der Waals surface area contributed by atoms with E-state index in [1.807, 2.05) is 0 Å². The van der Waals surface area contributed by atoms with Gasteiger partial charge < -0.3 is 5.11 Å². The second-order valence-corrected chi connectivity index (χ2v) is 6.70. The van der Waals surface area contributed by atoms with E-state index in [1.54, 1.807) is 12.1 Å². The van der Waals surface area contributed by atoms with Gasteiger partial charge in [-0.15, -0.1) is 0 Å². The molecular weight excluding hydrogens is 263 g/mol. The summed E-state index contributed by atoms with van der Waals surface area (Å²) >= 11 is 0. The largest absolute Gasteiger partial charge is 0.508 e. The van der Waals surface area contributed by atoms with Crippen molar-refractivity contribution in [1.82, 2.24) is 0 Å². The monoisotopic (exact) mass is 292 g/mol. The lowest BCUT2D eigenvalue weighted by Crippen LogP contribution is -2.15. The minimum Gasteiger partial charge on any atom is -0.508 e. The number of unbranched alkanes of at least 4 members (excludes halogenated alkanes) is 2. The van der Waals surface area contributed by atoms with Crippen molar-refractivity contribution in [3.05, 3.63) is 29.6 Å². The molecule has 2 heteroatoms. The number of hydrogen-bond donors (Lipinski definition) is 1. The summed E-state index contributed by atoms with van der Waals surface area (Å²) in [6.07, 6.45) is 12.7. The number of rotatable bonds is 7. The summed E-state index contributed by atoms with van der Waals surface area (Å²) in [5, 5.41) is 9.23. The van der Waals surface area contributed by atoms with Gasteiger partial charge in [0.05, 0.1) is 0 Å². The number of phenols is 1. The average molecular weight is 292 g/mol. The lowest BCUT2D eigenvalue weighted by Gasteiger charge is -2.28. The van der Waals surface area contributed by atoms with Crippen molar-refractivity contribution in [2.24, 2.45) is 11.8 Å². The molecule has 0 spiro atoms. The van der Waals surface area contributed by atoms with Crippen molar-refractivity contribution in [3.63, 3.8) is 0 Å². The molecule has 0 radical (unpaired) electrons. The molecule has 0 amide bonds. The Morgan fingerprint density at radius 3 is 2.33 bits per heavy atom. The molecule has 0 heterocycles. The van der Waals surface area contributed by atoms with E-state index in [2.05, 4.69) is 6.92 Å². The SMILES string of the molecule is CCCCC[C@H]1CC[C@H](CCc2ccc(O)cc2F)CC1. The molecule has 0 aliphatic heterocycles. The molecule has 1 aromatic rings. The quantitative estimate of drug-likeness (QED) is 0.625. The fourth-order valence-electron chi connectivity index (χ4n) is 3.59. The van der Waals surface area contributed by atoms with Gasteiger partial charge in [0.1, 0.15) is 11.6 Å². The predicted octanol–water partition coefficient (Wildman–Crippen LogP) is 5.85. The fraction of sp³-hybridized carbons (Fsp3) is 0.684. The third-order valence-electron chi connectivity index (χ3n) is 5.04. The van der Waals surface area contributed by atoms with E-state index in [0.717, 1.165) is 30.2 Å². The summed E-state index contributed by atoms with van der Waals surface area (Å²) in [7, 11) is 0. The zero-order chi connectivity index (χ0) is 15.1. The summed E-state index contributed by atoms with van der Waals surface area (Å²) in [6.45, 7) is 2.26. The van der Waals surface area contributed by atoms with E-state index < -0.39 is 0 Å². The van der Waals surface area contributed by atoms with Gasteiger partial charge in [-0.3, -0.25) is 0 Å². The lowest BCUT2D eigenvalue weighted by atomic mass is 9.78. The van der Waals surface area contributed by atoms with Gasteiger partial charge in [0.2, 0.25) is 0 Å². The van der Waals surface area contributed by atoms with Crippen molar-refractivity contribution >= 4 is 0 Å². The Kier molecular flexibility index (Phi) is 6.53. The first-order valence-electron chi connectivity index (χ1n) is 8.66. The highest BCUT2D eigenvalue weighted by Gasteiger charge is 2.20. The van der Waals surface area contributed by atoms with Crippen LogP contribution in [0.25, 0.3) is 0 Å². The highest BCUT2D eigenvalue weighted by Crippen LogP contribution is 2.34. The Balaban J connectivity index is 1.69. The molecule has 1 nitrogen and oxygen atoms in total. The molecule has 0 bridgehead atoms. The van der Waals surface area contributed by atoms with Gasteiger partial charge in [-0.25, -0.2) is 4.39 Å². The minimum atomic E-state index is -0.261. The van der Waals surface area contributed by atoms with Gasteiger partial charge in [0.15, 0.2) is 0 Å². The van der Waals surface area contributed by atoms with E-state index in [-0.39, 0.29) is 11.6 Å².